The highest BCUT2D eigenvalue weighted by Crippen LogP contribution is 2.38. The summed E-state index contributed by atoms with van der Waals surface area (Å²) in [5.41, 5.74) is 9.00. The average molecular weight is 487 g/mol. The molecule has 0 spiro atoms. The Hall–Kier alpha value is -5.02. The van der Waals surface area contributed by atoms with Crippen molar-refractivity contribution in [3.05, 3.63) is 121 Å². The first-order chi connectivity index (χ1) is 18.8. The van der Waals surface area contributed by atoms with Crippen molar-refractivity contribution < 1.29 is 4.42 Å². The molecule has 8 aromatic rings. The van der Waals surface area contributed by atoms with Gasteiger partial charge in [-0.3, -0.25) is 4.98 Å². The molecule has 3 nitrogen and oxygen atoms in total. The Morgan fingerprint density at radius 1 is 0.500 bits per heavy atom. The number of aromatic nitrogens is 2. The van der Waals surface area contributed by atoms with Gasteiger partial charge in [0.05, 0.1) is 22.9 Å². The minimum absolute atomic E-state index is 0.863. The fraction of sp³-hybridized carbons (Fsp3) is 0.0286. The molecule has 0 aliphatic heterocycles. The van der Waals surface area contributed by atoms with Crippen molar-refractivity contribution in [2.75, 3.05) is 0 Å². The van der Waals surface area contributed by atoms with Crippen LogP contribution in [0.25, 0.3) is 76.9 Å². The first-order valence-electron chi connectivity index (χ1n) is 12.8. The van der Waals surface area contributed by atoms with E-state index in [1.165, 1.54) is 10.8 Å². The predicted molar refractivity (Wildman–Crippen MR) is 157 cm³/mol. The molecule has 2 heterocycles. The van der Waals surface area contributed by atoms with Crippen molar-refractivity contribution in [3.63, 3.8) is 0 Å². The molecule has 6 aromatic carbocycles. The van der Waals surface area contributed by atoms with E-state index in [4.69, 9.17) is 14.4 Å². The molecule has 3 heteroatoms. The number of furan rings is 1. The maximum Gasteiger partial charge on any atom is 0.143 e. The summed E-state index contributed by atoms with van der Waals surface area (Å²) in [5.74, 6) is 0. The maximum atomic E-state index is 6.39. The van der Waals surface area contributed by atoms with Crippen molar-refractivity contribution in [1.29, 1.82) is 0 Å². The lowest BCUT2D eigenvalue weighted by molar-refractivity contribution is 0.667. The van der Waals surface area contributed by atoms with Gasteiger partial charge in [-0.15, -0.1) is 0 Å². The van der Waals surface area contributed by atoms with Gasteiger partial charge >= 0.3 is 0 Å². The van der Waals surface area contributed by atoms with Crippen molar-refractivity contribution in [2.45, 2.75) is 6.92 Å². The zero-order chi connectivity index (χ0) is 25.2. The molecule has 0 radical (unpaired) electrons. The molecule has 178 valence electrons. The van der Waals surface area contributed by atoms with Gasteiger partial charge in [0.1, 0.15) is 11.2 Å². The zero-order valence-electron chi connectivity index (χ0n) is 20.8. The van der Waals surface area contributed by atoms with Crippen LogP contribution in [-0.2, 0) is 0 Å². The topological polar surface area (TPSA) is 38.9 Å². The van der Waals surface area contributed by atoms with Crippen LogP contribution in [0.2, 0.25) is 0 Å². The van der Waals surface area contributed by atoms with Crippen LogP contribution in [0.4, 0.5) is 0 Å². The molecular weight excluding hydrogens is 464 g/mol. The van der Waals surface area contributed by atoms with Crippen LogP contribution in [-0.4, -0.2) is 9.97 Å². The molecule has 0 fully saturated rings. The monoisotopic (exact) mass is 486 g/mol. The summed E-state index contributed by atoms with van der Waals surface area (Å²) >= 11 is 0. The summed E-state index contributed by atoms with van der Waals surface area (Å²) in [6, 6.07) is 38.1. The number of aryl methyl sites for hydroxylation is 1. The molecular formula is C35H22N2O. The molecule has 0 aliphatic rings. The second-order valence-electron chi connectivity index (χ2n) is 9.86. The Kier molecular flexibility index (Phi) is 4.44. The van der Waals surface area contributed by atoms with Gasteiger partial charge in [-0.25, -0.2) is 4.98 Å². The number of hydrogen-bond acceptors (Lipinski definition) is 3. The van der Waals surface area contributed by atoms with E-state index in [1.54, 1.807) is 0 Å². The van der Waals surface area contributed by atoms with Crippen molar-refractivity contribution in [3.8, 4) is 22.4 Å². The van der Waals surface area contributed by atoms with E-state index in [0.29, 0.717) is 0 Å². The molecule has 0 bridgehead atoms. The number of nitrogens with zero attached hydrogens (tertiary/aromatic N) is 2. The van der Waals surface area contributed by atoms with Gasteiger partial charge in [-0.1, -0.05) is 109 Å². The Morgan fingerprint density at radius 3 is 1.82 bits per heavy atom. The van der Waals surface area contributed by atoms with Crippen LogP contribution in [0.15, 0.2) is 120 Å². The van der Waals surface area contributed by atoms with Crippen LogP contribution >= 0.6 is 0 Å². The normalized spacial score (nSPS) is 11.8. The van der Waals surface area contributed by atoms with Gasteiger partial charge in [-0.2, -0.15) is 0 Å². The summed E-state index contributed by atoms with van der Waals surface area (Å²) in [7, 11) is 0. The minimum atomic E-state index is 0.863. The molecule has 38 heavy (non-hydrogen) atoms. The first kappa shape index (κ1) is 21.1. The molecule has 2 aromatic heterocycles. The largest absolute Gasteiger partial charge is 0.455 e. The number of rotatable bonds is 2. The van der Waals surface area contributed by atoms with Gasteiger partial charge < -0.3 is 4.42 Å². The molecule has 8 rings (SSSR count). The first-order valence-corrected chi connectivity index (χ1v) is 12.8. The molecule has 0 atom stereocenters. The number of benzene rings is 6. The third-order valence-electron chi connectivity index (χ3n) is 7.64. The lowest BCUT2D eigenvalue weighted by Gasteiger charge is -2.10. The Morgan fingerprint density at radius 2 is 1.08 bits per heavy atom. The zero-order valence-corrected chi connectivity index (χ0v) is 20.8. The van der Waals surface area contributed by atoms with E-state index in [9.17, 15) is 0 Å². The summed E-state index contributed by atoms with van der Waals surface area (Å²) in [6.45, 7) is 2.09. The summed E-state index contributed by atoms with van der Waals surface area (Å²) in [5, 5.41) is 6.96. The quantitative estimate of drug-likeness (QED) is 0.228. The number of fused-ring (bicyclic) bond motifs is 9. The predicted octanol–water partition coefficient (Wildman–Crippen LogP) is 9.48. The third kappa shape index (κ3) is 3.02. The number of para-hydroxylation sites is 2. The van der Waals surface area contributed by atoms with Crippen LogP contribution in [0.3, 0.4) is 0 Å². The van der Waals surface area contributed by atoms with Gasteiger partial charge in [0.15, 0.2) is 0 Å². The van der Waals surface area contributed by atoms with Crippen LogP contribution < -0.4 is 0 Å². The summed E-state index contributed by atoms with van der Waals surface area (Å²) in [4.78, 5) is 10.0. The molecule has 0 N–H and O–H groups in total. The van der Waals surface area contributed by atoms with Crippen LogP contribution in [0.5, 0.6) is 0 Å². The van der Waals surface area contributed by atoms with Gasteiger partial charge in [-0.05, 0) is 28.8 Å². The second-order valence-corrected chi connectivity index (χ2v) is 9.86. The standard InChI is InChI=1S/C35H22N2O/c1-21-8-6-14-29-30-15-7-13-24(35(30)38-34(21)29)22-16-18-23(19-17-22)31-20-36-32-27-11-4-2-9-25(27)26-10-3-5-12-28(26)33(32)37-31/h2-20H,1H3. The molecule has 0 saturated carbocycles. The lowest BCUT2D eigenvalue weighted by atomic mass is 9.99. The molecule has 0 saturated heterocycles. The van der Waals surface area contributed by atoms with Crippen molar-refractivity contribution in [2.24, 2.45) is 0 Å². The van der Waals surface area contributed by atoms with E-state index in [0.717, 1.165) is 71.7 Å². The Balaban J connectivity index is 1.27. The average Bonchev–Trinajstić information content (AvgIpc) is 3.38. The van der Waals surface area contributed by atoms with Gasteiger partial charge in [0.2, 0.25) is 0 Å². The highest BCUT2D eigenvalue weighted by atomic mass is 16.3. The summed E-state index contributed by atoms with van der Waals surface area (Å²) < 4.78 is 6.39. The van der Waals surface area contributed by atoms with E-state index < -0.39 is 0 Å². The SMILES string of the molecule is Cc1cccc2c1oc1c(-c3ccc(-c4cnc5c6ccccc6c6ccccc6c5n4)cc3)cccc12. The van der Waals surface area contributed by atoms with E-state index in [1.807, 2.05) is 6.20 Å². The smallest absolute Gasteiger partial charge is 0.143 e. The van der Waals surface area contributed by atoms with Gasteiger partial charge in [0, 0.05) is 32.7 Å². The van der Waals surface area contributed by atoms with Crippen molar-refractivity contribution in [1.82, 2.24) is 9.97 Å². The highest BCUT2D eigenvalue weighted by Gasteiger charge is 2.15. The van der Waals surface area contributed by atoms with Crippen LogP contribution in [0, 0.1) is 6.92 Å². The Bertz CT molecular complexity index is 2150. The number of hydrogen-bond donors (Lipinski definition) is 0. The second kappa shape index (κ2) is 7.99. The fourth-order valence-corrected chi connectivity index (χ4v) is 5.77. The van der Waals surface area contributed by atoms with E-state index >= 15 is 0 Å². The van der Waals surface area contributed by atoms with Crippen molar-refractivity contribution >= 4 is 54.5 Å². The third-order valence-corrected chi connectivity index (χ3v) is 7.64. The van der Waals surface area contributed by atoms with E-state index in [2.05, 4.69) is 116 Å². The van der Waals surface area contributed by atoms with Crippen LogP contribution in [0.1, 0.15) is 5.56 Å². The minimum Gasteiger partial charge on any atom is -0.455 e. The summed E-state index contributed by atoms with van der Waals surface area (Å²) in [6.07, 6.45) is 1.89. The fourth-order valence-electron chi connectivity index (χ4n) is 5.77. The molecule has 0 unspecified atom stereocenters. The molecule has 0 amide bonds. The lowest BCUT2D eigenvalue weighted by Crippen LogP contribution is -1.92. The highest BCUT2D eigenvalue weighted by molar-refractivity contribution is 6.23. The van der Waals surface area contributed by atoms with Gasteiger partial charge in [0.25, 0.3) is 0 Å². The maximum absolute atomic E-state index is 6.39. The van der Waals surface area contributed by atoms with E-state index in [-0.39, 0.29) is 0 Å². The Labute approximate surface area is 219 Å². The molecule has 0 aliphatic carbocycles.